The summed E-state index contributed by atoms with van der Waals surface area (Å²) in [5.74, 6) is -0.118. The number of aryl methyl sites for hydroxylation is 1. The van der Waals surface area contributed by atoms with Gasteiger partial charge in [0.1, 0.15) is 30.4 Å². The highest BCUT2D eigenvalue weighted by atomic mass is 16.5. The molecule has 196 valence electrons. The van der Waals surface area contributed by atoms with Crippen molar-refractivity contribution in [3.63, 3.8) is 0 Å². The Morgan fingerprint density at radius 3 is 2.11 bits per heavy atom. The molecule has 1 aliphatic carbocycles. The second-order valence-electron chi connectivity index (χ2n) is 10.6. The van der Waals surface area contributed by atoms with E-state index in [0.29, 0.717) is 23.7 Å². The molecule has 0 bridgehead atoms. The third-order valence-corrected chi connectivity index (χ3v) is 7.09. The molecule has 2 aromatic rings. The van der Waals surface area contributed by atoms with E-state index in [-0.39, 0.29) is 33.8 Å². The van der Waals surface area contributed by atoms with Crippen molar-refractivity contribution in [1.29, 1.82) is 0 Å². The summed E-state index contributed by atoms with van der Waals surface area (Å²) >= 11 is 0. The lowest BCUT2D eigenvalue weighted by Crippen LogP contribution is -2.43. The average Bonchev–Trinajstić information content (AvgIpc) is 2.83. The number of rotatable bonds is 14. The van der Waals surface area contributed by atoms with Gasteiger partial charge in [0.25, 0.3) is 0 Å². The van der Waals surface area contributed by atoms with Crippen molar-refractivity contribution in [3.05, 3.63) is 52.1 Å². The first kappa shape index (κ1) is 27.7. The standard InChI is InChI=1S/C30H41NO5/c1-6-7-8-9-10-11-12-13-14-31(3,4)15-16-36-26-20-22(35-5)19-24-28(26)30(34)27-23(29(24)33)17-21(2)18-25(27)32/h17-20H,6-16H2,1-5H3/p+1. The Bertz CT molecular complexity index is 1090. The molecule has 0 aliphatic heterocycles. The molecule has 0 unspecified atom stereocenters. The van der Waals surface area contributed by atoms with Crippen molar-refractivity contribution in [2.24, 2.45) is 0 Å². The zero-order chi connectivity index (χ0) is 26.3. The Balaban J connectivity index is 1.65. The highest BCUT2D eigenvalue weighted by Gasteiger charge is 2.35. The largest absolute Gasteiger partial charge is 0.507 e. The summed E-state index contributed by atoms with van der Waals surface area (Å²) in [5.41, 5.74) is 1.42. The zero-order valence-corrected chi connectivity index (χ0v) is 22.6. The second-order valence-corrected chi connectivity index (χ2v) is 10.6. The van der Waals surface area contributed by atoms with E-state index in [2.05, 4.69) is 21.0 Å². The van der Waals surface area contributed by atoms with Gasteiger partial charge in [-0.15, -0.1) is 0 Å². The van der Waals surface area contributed by atoms with Gasteiger partial charge in [-0.1, -0.05) is 45.4 Å². The molecule has 0 radical (unpaired) electrons. The topological polar surface area (TPSA) is 72.8 Å². The number of ether oxygens (including phenoxy) is 2. The first-order valence-corrected chi connectivity index (χ1v) is 13.3. The number of methoxy groups -OCH3 is 1. The summed E-state index contributed by atoms with van der Waals surface area (Å²) in [4.78, 5) is 26.7. The number of aromatic hydroxyl groups is 1. The van der Waals surface area contributed by atoms with Gasteiger partial charge in [0.05, 0.1) is 38.9 Å². The van der Waals surface area contributed by atoms with Crippen LogP contribution in [-0.4, -0.2) is 62.1 Å². The van der Waals surface area contributed by atoms with Crippen LogP contribution in [0.2, 0.25) is 0 Å². The van der Waals surface area contributed by atoms with Crippen LogP contribution in [0.4, 0.5) is 0 Å². The van der Waals surface area contributed by atoms with Crippen LogP contribution in [0.3, 0.4) is 0 Å². The number of ketones is 2. The van der Waals surface area contributed by atoms with Gasteiger partial charge in [-0.25, -0.2) is 0 Å². The van der Waals surface area contributed by atoms with Gasteiger partial charge < -0.3 is 19.1 Å². The molecule has 6 heteroatoms. The van der Waals surface area contributed by atoms with Gasteiger partial charge in [0, 0.05) is 17.2 Å². The van der Waals surface area contributed by atoms with Crippen LogP contribution in [0, 0.1) is 6.92 Å². The van der Waals surface area contributed by atoms with E-state index in [1.165, 1.54) is 64.5 Å². The maximum atomic E-state index is 13.4. The fourth-order valence-corrected chi connectivity index (χ4v) is 4.88. The second kappa shape index (κ2) is 12.4. The first-order chi connectivity index (χ1) is 17.2. The van der Waals surface area contributed by atoms with E-state index >= 15 is 0 Å². The Hall–Kier alpha value is -2.86. The number of likely N-dealkylation sites (N-methyl/N-ethyl adjacent to an activating group) is 1. The molecule has 2 aromatic carbocycles. The van der Waals surface area contributed by atoms with Crippen LogP contribution in [0.15, 0.2) is 24.3 Å². The molecule has 0 saturated carbocycles. The number of unbranched alkanes of at least 4 members (excludes halogenated alkanes) is 7. The van der Waals surface area contributed by atoms with Gasteiger partial charge in [-0.3, -0.25) is 9.59 Å². The number of benzene rings is 2. The first-order valence-electron chi connectivity index (χ1n) is 13.3. The lowest BCUT2D eigenvalue weighted by atomic mass is 9.82. The number of carbonyl (C=O) groups excluding carboxylic acids is 2. The molecule has 1 N–H and O–H groups in total. The monoisotopic (exact) mass is 496 g/mol. The lowest BCUT2D eigenvalue weighted by molar-refractivity contribution is -0.890. The summed E-state index contributed by atoms with van der Waals surface area (Å²) in [6, 6.07) is 6.37. The molecule has 36 heavy (non-hydrogen) atoms. The Morgan fingerprint density at radius 1 is 0.806 bits per heavy atom. The quantitative estimate of drug-likeness (QED) is 0.216. The van der Waals surface area contributed by atoms with Crippen molar-refractivity contribution in [2.75, 3.05) is 40.9 Å². The number of carbonyl (C=O) groups is 2. The molecule has 0 atom stereocenters. The molecule has 0 spiro atoms. The Kier molecular flexibility index (Phi) is 9.55. The van der Waals surface area contributed by atoms with Crippen LogP contribution < -0.4 is 9.47 Å². The number of fused-ring (bicyclic) bond motifs is 2. The molecule has 0 amide bonds. The summed E-state index contributed by atoms with van der Waals surface area (Å²) in [7, 11) is 5.91. The molecule has 0 heterocycles. The van der Waals surface area contributed by atoms with E-state index in [4.69, 9.17) is 9.47 Å². The summed E-state index contributed by atoms with van der Waals surface area (Å²) < 4.78 is 12.3. The van der Waals surface area contributed by atoms with Crippen LogP contribution >= 0.6 is 0 Å². The van der Waals surface area contributed by atoms with Crippen LogP contribution in [0.25, 0.3) is 0 Å². The van der Waals surface area contributed by atoms with E-state index in [1.54, 1.807) is 25.1 Å². The summed E-state index contributed by atoms with van der Waals surface area (Å²) in [6.07, 6.45) is 10.4. The number of phenols is 1. The third-order valence-electron chi connectivity index (χ3n) is 7.09. The fourth-order valence-electron chi connectivity index (χ4n) is 4.88. The Labute approximate surface area is 215 Å². The van der Waals surface area contributed by atoms with E-state index in [0.717, 1.165) is 17.6 Å². The minimum atomic E-state index is -0.401. The van der Waals surface area contributed by atoms with Crippen molar-refractivity contribution >= 4 is 11.6 Å². The van der Waals surface area contributed by atoms with E-state index in [1.807, 2.05) is 0 Å². The number of hydrogen-bond acceptors (Lipinski definition) is 5. The summed E-state index contributed by atoms with van der Waals surface area (Å²) in [5, 5.41) is 10.5. The normalized spacial score (nSPS) is 12.9. The third kappa shape index (κ3) is 6.67. The van der Waals surface area contributed by atoms with E-state index in [9.17, 15) is 14.7 Å². The van der Waals surface area contributed by atoms with Crippen LogP contribution in [0.5, 0.6) is 17.2 Å². The molecule has 1 aliphatic rings. The average molecular weight is 497 g/mol. The van der Waals surface area contributed by atoms with Gasteiger partial charge in [-0.2, -0.15) is 0 Å². The van der Waals surface area contributed by atoms with Gasteiger partial charge in [0.2, 0.25) is 5.78 Å². The van der Waals surface area contributed by atoms with E-state index < -0.39 is 5.78 Å². The van der Waals surface area contributed by atoms with Crippen molar-refractivity contribution in [1.82, 2.24) is 0 Å². The molecule has 6 nitrogen and oxygen atoms in total. The highest BCUT2D eigenvalue weighted by molar-refractivity contribution is 6.30. The number of phenolic OH excluding ortho intramolecular Hbond substituents is 1. The zero-order valence-electron chi connectivity index (χ0n) is 22.6. The minimum absolute atomic E-state index is 0.0407. The maximum absolute atomic E-state index is 13.4. The molecular weight excluding hydrogens is 454 g/mol. The number of hydrogen-bond donors (Lipinski definition) is 1. The lowest BCUT2D eigenvalue weighted by Gasteiger charge is -2.30. The molecular formula is C30H42NO5+. The van der Waals surface area contributed by atoms with Crippen LogP contribution in [-0.2, 0) is 0 Å². The minimum Gasteiger partial charge on any atom is -0.507 e. The van der Waals surface area contributed by atoms with Crippen molar-refractivity contribution in [2.45, 2.75) is 65.2 Å². The molecule has 0 aromatic heterocycles. The maximum Gasteiger partial charge on any atom is 0.201 e. The number of nitrogens with zero attached hydrogens (tertiary/aromatic N) is 1. The predicted octanol–water partition coefficient (Wildman–Crippen LogP) is 6.08. The summed E-state index contributed by atoms with van der Waals surface area (Å²) in [6.45, 7) is 6.26. The van der Waals surface area contributed by atoms with Gasteiger partial charge in [-0.05, 0) is 43.5 Å². The molecule has 0 saturated heterocycles. The molecule has 0 fully saturated rings. The Morgan fingerprint density at radius 2 is 1.44 bits per heavy atom. The SMILES string of the molecule is CCCCCCCCCC[N+](C)(C)CCOc1cc(OC)cc2c1C(=O)c1c(O)cc(C)cc1C2=O. The van der Waals surface area contributed by atoms with Crippen molar-refractivity contribution in [3.8, 4) is 17.2 Å². The van der Waals surface area contributed by atoms with Gasteiger partial charge >= 0.3 is 0 Å². The fraction of sp³-hybridized carbons (Fsp3) is 0.533. The number of quaternary nitrogens is 1. The predicted molar refractivity (Wildman–Crippen MR) is 143 cm³/mol. The molecule has 3 rings (SSSR count). The van der Waals surface area contributed by atoms with Gasteiger partial charge in [0.15, 0.2) is 5.78 Å². The smallest absolute Gasteiger partial charge is 0.201 e. The van der Waals surface area contributed by atoms with Crippen LogP contribution in [0.1, 0.15) is 95.7 Å². The van der Waals surface area contributed by atoms with Crippen molar-refractivity contribution < 1.29 is 28.7 Å². The highest BCUT2D eigenvalue weighted by Crippen LogP contribution is 2.39.